The van der Waals surface area contributed by atoms with Crippen molar-refractivity contribution in [2.45, 2.75) is 18.8 Å². The van der Waals surface area contributed by atoms with Gasteiger partial charge < -0.3 is 4.98 Å². The van der Waals surface area contributed by atoms with Crippen molar-refractivity contribution in [3.63, 3.8) is 0 Å². The van der Waals surface area contributed by atoms with Crippen LogP contribution in [0.5, 0.6) is 0 Å². The molecule has 0 saturated heterocycles. The average Bonchev–Trinajstić information content (AvgIpc) is 3.48. The van der Waals surface area contributed by atoms with E-state index in [1.165, 1.54) is 11.1 Å². The lowest BCUT2D eigenvalue weighted by atomic mass is 9.85. The van der Waals surface area contributed by atoms with Crippen molar-refractivity contribution >= 4 is 23.0 Å². The number of hydrogen-bond acceptors (Lipinski definition) is 2. The minimum atomic E-state index is -0.279. The maximum Gasteiger partial charge on any atom is 0.244 e. The Morgan fingerprint density at radius 2 is 1.57 bits per heavy atom. The van der Waals surface area contributed by atoms with Crippen molar-refractivity contribution < 1.29 is 4.79 Å². The van der Waals surface area contributed by atoms with Crippen LogP contribution >= 0.6 is 0 Å². The van der Waals surface area contributed by atoms with E-state index in [9.17, 15) is 4.79 Å². The molecule has 1 saturated carbocycles. The molecule has 0 bridgehead atoms. The van der Waals surface area contributed by atoms with E-state index in [4.69, 9.17) is 0 Å². The molecule has 1 atom stereocenters. The van der Waals surface area contributed by atoms with Crippen molar-refractivity contribution in [3.05, 3.63) is 107 Å². The Balaban J connectivity index is 1.39. The summed E-state index contributed by atoms with van der Waals surface area (Å²) in [6, 6.07) is 28.7. The fourth-order valence-corrected chi connectivity index (χ4v) is 4.56. The SMILES string of the molecule is Cc1[nH]c2ccccc2c1/C=N\NC(=O)[C@H]1CC1(c1ccccc1)c1ccccc1. The van der Waals surface area contributed by atoms with Crippen LogP contribution < -0.4 is 5.43 Å². The van der Waals surface area contributed by atoms with Gasteiger partial charge in [0.2, 0.25) is 5.91 Å². The lowest BCUT2D eigenvalue weighted by Gasteiger charge is -2.18. The number of benzene rings is 3. The molecule has 4 nitrogen and oxygen atoms in total. The molecule has 1 aliphatic rings. The average molecular weight is 393 g/mol. The van der Waals surface area contributed by atoms with Gasteiger partial charge in [-0.05, 0) is 30.5 Å². The Morgan fingerprint density at radius 3 is 2.23 bits per heavy atom. The van der Waals surface area contributed by atoms with Crippen LogP contribution in [0.4, 0.5) is 0 Å². The van der Waals surface area contributed by atoms with Gasteiger partial charge in [0.15, 0.2) is 0 Å². The van der Waals surface area contributed by atoms with Crippen molar-refractivity contribution in [1.29, 1.82) is 0 Å². The van der Waals surface area contributed by atoms with Crippen LogP contribution in [-0.2, 0) is 10.2 Å². The maximum atomic E-state index is 13.0. The van der Waals surface area contributed by atoms with Crippen LogP contribution in [0.1, 0.15) is 28.8 Å². The summed E-state index contributed by atoms with van der Waals surface area (Å²) in [5.74, 6) is -0.181. The molecule has 148 valence electrons. The number of nitrogens with zero attached hydrogens (tertiary/aromatic N) is 1. The standard InChI is InChI=1S/C26H23N3O/c1-18-22(21-14-8-9-15-24(21)28-18)17-27-29-25(30)23-16-26(23,19-10-4-2-5-11-19)20-12-6-3-7-13-20/h2-15,17,23,28H,16H2,1H3,(H,29,30)/b27-17-/t23-/m1/s1. The monoisotopic (exact) mass is 393 g/mol. The van der Waals surface area contributed by atoms with Gasteiger partial charge in [0.1, 0.15) is 0 Å². The Hall–Kier alpha value is -3.66. The summed E-state index contributed by atoms with van der Waals surface area (Å²) in [6.45, 7) is 2.01. The van der Waals surface area contributed by atoms with E-state index in [2.05, 4.69) is 45.8 Å². The quantitative estimate of drug-likeness (QED) is 0.366. The number of para-hydroxylation sites is 1. The van der Waals surface area contributed by atoms with Crippen LogP contribution in [-0.4, -0.2) is 17.1 Å². The molecule has 1 heterocycles. The topological polar surface area (TPSA) is 57.2 Å². The third-order valence-corrected chi connectivity index (χ3v) is 6.17. The number of aryl methyl sites for hydroxylation is 1. The van der Waals surface area contributed by atoms with E-state index in [1.807, 2.05) is 61.5 Å². The molecular weight excluding hydrogens is 370 g/mol. The smallest absolute Gasteiger partial charge is 0.244 e. The molecule has 1 amide bonds. The highest BCUT2D eigenvalue weighted by Gasteiger charge is 2.60. The normalized spacial score (nSPS) is 17.3. The summed E-state index contributed by atoms with van der Waals surface area (Å²) in [7, 11) is 0. The molecule has 2 N–H and O–H groups in total. The highest BCUT2D eigenvalue weighted by molar-refractivity contribution is 6.01. The summed E-state index contributed by atoms with van der Waals surface area (Å²) in [5, 5.41) is 5.39. The van der Waals surface area contributed by atoms with Gasteiger partial charge in [0.05, 0.1) is 12.1 Å². The molecule has 4 heteroatoms. The highest BCUT2D eigenvalue weighted by atomic mass is 16.2. The summed E-state index contributed by atoms with van der Waals surface area (Å²) in [5.41, 5.74) is 7.95. The molecule has 5 rings (SSSR count). The number of amides is 1. The molecular formula is C26H23N3O. The molecule has 1 aliphatic carbocycles. The molecule has 4 aromatic rings. The van der Waals surface area contributed by atoms with Gasteiger partial charge in [-0.15, -0.1) is 0 Å². The first kappa shape index (κ1) is 18.4. The van der Waals surface area contributed by atoms with Gasteiger partial charge in [0.25, 0.3) is 0 Å². The lowest BCUT2D eigenvalue weighted by Crippen LogP contribution is -2.25. The van der Waals surface area contributed by atoms with E-state index in [0.717, 1.165) is 28.6 Å². The third-order valence-electron chi connectivity index (χ3n) is 6.17. The van der Waals surface area contributed by atoms with Gasteiger partial charge in [-0.2, -0.15) is 5.10 Å². The fourth-order valence-electron chi connectivity index (χ4n) is 4.56. The van der Waals surface area contributed by atoms with Crippen LogP contribution in [0.25, 0.3) is 10.9 Å². The Bertz CT molecular complexity index is 1190. The van der Waals surface area contributed by atoms with Crippen molar-refractivity contribution in [1.82, 2.24) is 10.4 Å². The largest absolute Gasteiger partial charge is 0.358 e. The molecule has 1 aromatic heterocycles. The van der Waals surface area contributed by atoms with E-state index in [0.29, 0.717) is 0 Å². The molecule has 3 aromatic carbocycles. The van der Waals surface area contributed by atoms with E-state index >= 15 is 0 Å². The van der Waals surface area contributed by atoms with Crippen molar-refractivity contribution in [3.8, 4) is 0 Å². The van der Waals surface area contributed by atoms with Crippen LogP contribution in [0, 0.1) is 12.8 Å². The van der Waals surface area contributed by atoms with Gasteiger partial charge >= 0.3 is 0 Å². The molecule has 0 radical (unpaired) electrons. The van der Waals surface area contributed by atoms with Crippen molar-refractivity contribution in [2.24, 2.45) is 11.0 Å². The zero-order valence-electron chi connectivity index (χ0n) is 16.8. The number of aromatic amines is 1. The van der Waals surface area contributed by atoms with Gasteiger partial charge in [0, 0.05) is 27.6 Å². The number of carbonyl (C=O) groups excluding carboxylic acids is 1. The second kappa shape index (κ2) is 7.30. The van der Waals surface area contributed by atoms with Crippen LogP contribution in [0.2, 0.25) is 0 Å². The number of aromatic nitrogens is 1. The summed E-state index contributed by atoms with van der Waals surface area (Å²) in [4.78, 5) is 16.4. The number of H-pyrrole nitrogens is 1. The summed E-state index contributed by atoms with van der Waals surface area (Å²) in [6.07, 6.45) is 2.52. The lowest BCUT2D eigenvalue weighted by molar-refractivity contribution is -0.122. The Morgan fingerprint density at radius 1 is 0.967 bits per heavy atom. The second-order valence-corrected chi connectivity index (χ2v) is 7.90. The molecule has 1 fully saturated rings. The first-order valence-corrected chi connectivity index (χ1v) is 10.2. The molecule has 30 heavy (non-hydrogen) atoms. The summed E-state index contributed by atoms with van der Waals surface area (Å²) < 4.78 is 0. The number of nitrogens with one attached hydrogen (secondary N) is 2. The minimum absolute atomic E-state index is 0.0450. The molecule has 0 spiro atoms. The number of hydrazone groups is 1. The number of fused-ring (bicyclic) bond motifs is 1. The van der Waals surface area contributed by atoms with Gasteiger partial charge in [-0.1, -0.05) is 78.9 Å². The van der Waals surface area contributed by atoms with Gasteiger partial charge in [-0.25, -0.2) is 5.43 Å². The van der Waals surface area contributed by atoms with E-state index in [1.54, 1.807) is 6.21 Å². The fraction of sp³-hybridized carbons (Fsp3) is 0.154. The zero-order chi connectivity index (χ0) is 20.6. The zero-order valence-corrected chi connectivity index (χ0v) is 16.8. The Labute approximate surface area is 175 Å². The second-order valence-electron chi connectivity index (χ2n) is 7.90. The van der Waals surface area contributed by atoms with E-state index in [-0.39, 0.29) is 17.2 Å². The third kappa shape index (κ3) is 3.01. The maximum absolute atomic E-state index is 13.0. The predicted molar refractivity (Wildman–Crippen MR) is 121 cm³/mol. The molecule has 0 unspecified atom stereocenters. The first-order valence-electron chi connectivity index (χ1n) is 10.2. The molecule has 0 aliphatic heterocycles. The first-order chi connectivity index (χ1) is 14.7. The van der Waals surface area contributed by atoms with Crippen LogP contribution in [0.3, 0.4) is 0 Å². The predicted octanol–water partition coefficient (Wildman–Crippen LogP) is 4.93. The number of rotatable bonds is 5. The van der Waals surface area contributed by atoms with E-state index < -0.39 is 0 Å². The van der Waals surface area contributed by atoms with Crippen LogP contribution in [0.15, 0.2) is 90.0 Å². The van der Waals surface area contributed by atoms with Gasteiger partial charge in [-0.3, -0.25) is 4.79 Å². The minimum Gasteiger partial charge on any atom is -0.358 e. The number of carbonyl (C=O) groups is 1. The summed E-state index contributed by atoms with van der Waals surface area (Å²) >= 11 is 0. The van der Waals surface area contributed by atoms with Crippen molar-refractivity contribution in [2.75, 3.05) is 0 Å². The number of hydrogen-bond donors (Lipinski definition) is 2. The highest BCUT2D eigenvalue weighted by Crippen LogP contribution is 2.58. The Kier molecular flexibility index (Phi) is 4.47.